The molecule has 0 aromatic carbocycles. The molecule has 0 rings (SSSR count). The normalized spacial score (nSPS) is 3.00. The minimum atomic E-state index is 0. The molecule has 1 N–H and O–H groups in total. The fraction of sp³-hybridized carbons (Fsp3) is 0. The number of rotatable bonds is 0. The quantitative estimate of drug-likeness (QED) is 0.266. The highest BCUT2D eigenvalue weighted by Crippen LogP contribution is 0.618. The van der Waals surface area contributed by atoms with Crippen LogP contribution in [-0.4, -0.2) is 0 Å². The van der Waals surface area contributed by atoms with E-state index in [0.717, 1.165) is 0 Å². The zero-order valence-electron chi connectivity index (χ0n) is 1.72. The van der Waals surface area contributed by atoms with Gasteiger partial charge in [-0.25, -0.2) is 0 Å². The first-order valence-corrected chi connectivity index (χ1v) is 0.408. The summed E-state index contributed by atoms with van der Waals surface area (Å²) in [5, 5.41) is 8.38. The van der Waals surface area contributed by atoms with E-state index in [9.17, 15) is 0 Å². The molecule has 0 unspecified atom stereocenters. The standard InChI is InChI=1S/HNO2.O/c2-1-3;/h1H;. The zero-order valence-corrected chi connectivity index (χ0v) is 1.72. The summed E-state index contributed by atoms with van der Waals surface area (Å²) in [6.45, 7) is 0. The highest BCUT2D eigenvalue weighted by molar-refractivity contribution is 3.77. The molecule has 0 aliphatic rings. The van der Waals surface area contributed by atoms with Gasteiger partial charge in [0.25, 0.3) is 0 Å². The highest BCUT2D eigenvalue weighted by Gasteiger charge is 1.10. The molecule has 0 aromatic rings. The number of hydrogen-bond donors (Lipinski definition) is 1. The first kappa shape index (κ1) is 10.1. The third-order valence-electron chi connectivity index (χ3n) is 0. The van der Waals surface area contributed by atoms with Gasteiger partial charge in [-0.05, 0) is 0 Å². The minimum Gasteiger partial charge on any atom is -0.267 e. The van der Waals surface area contributed by atoms with Crippen molar-refractivity contribution in [3.63, 3.8) is 0 Å². The van der Waals surface area contributed by atoms with E-state index in [4.69, 9.17) is 10.1 Å². The molecule has 4 nitrogen and oxygen atoms in total. The summed E-state index contributed by atoms with van der Waals surface area (Å²) in [4.78, 5) is 8.12. The largest absolute Gasteiger partial charge is 0.267 e. The molecule has 4 heteroatoms. The molecular weight excluding hydrogens is 62.0 g/mol. The Balaban J connectivity index is 0. The maximum Gasteiger partial charge on any atom is 0.00366 e. The van der Waals surface area contributed by atoms with Crippen LogP contribution in [0.1, 0.15) is 0 Å². The van der Waals surface area contributed by atoms with Gasteiger partial charge < -0.3 is 0 Å². The molecule has 0 amide bonds. The molecule has 0 atom stereocenters. The summed E-state index contributed by atoms with van der Waals surface area (Å²) in [5.41, 5.74) is 0. The van der Waals surface area contributed by atoms with Crippen molar-refractivity contribution in [3.05, 3.63) is 10.1 Å². The lowest BCUT2D eigenvalue weighted by Gasteiger charge is -1.36. The molecule has 0 heterocycles. The van der Waals surface area contributed by atoms with Crippen LogP contribution in [0, 0.1) is 10.1 Å². The first-order chi connectivity index (χ1) is 1.41. The van der Waals surface area contributed by atoms with Crippen LogP contribution in [0.4, 0.5) is 0 Å². The Morgan fingerprint density at radius 2 is 1.75 bits per heavy atom. The molecule has 2 radical (unpaired) electrons. The van der Waals surface area contributed by atoms with Gasteiger partial charge in [-0.1, -0.05) is 0 Å². The smallest absolute Gasteiger partial charge is 0.00366 e. The lowest BCUT2D eigenvalue weighted by Crippen LogP contribution is -2.53. The summed E-state index contributed by atoms with van der Waals surface area (Å²) in [7, 11) is 0. The van der Waals surface area contributed by atoms with Crippen LogP contribution in [0.3, 0.4) is 0 Å². The van der Waals surface area contributed by atoms with Crippen molar-refractivity contribution >= 4 is 0 Å². The Bertz CT molecular complexity index is 10.8. The number of nitrogens with one attached hydrogen (secondary N) is 1. The van der Waals surface area contributed by atoms with E-state index in [1.54, 1.807) is 0 Å². The van der Waals surface area contributed by atoms with Gasteiger partial charge in [0.1, 0.15) is 0 Å². The molecule has 0 bridgehead atoms. The molecule has 0 spiro atoms. The SMILES string of the molecule is O=[NH+][O-].[O]. The van der Waals surface area contributed by atoms with Crippen molar-refractivity contribution in [2.75, 3.05) is 0 Å². The van der Waals surface area contributed by atoms with Crippen LogP contribution in [0.15, 0.2) is 0 Å². The fourth-order valence-corrected chi connectivity index (χ4v) is 0. The molecular formula is HNO3. The van der Waals surface area contributed by atoms with Crippen LogP contribution in [0.25, 0.3) is 0 Å². The topological polar surface area (TPSA) is 82.6 Å². The van der Waals surface area contributed by atoms with Crippen molar-refractivity contribution in [2.45, 2.75) is 0 Å². The van der Waals surface area contributed by atoms with Crippen LogP contribution in [0.5, 0.6) is 0 Å². The van der Waals surface area contributed by atoms with E-state index in [1.807, 2.05) is 0 Å². The van der Waals surface area contributed by atoms with Crippen LogP contribution < -0.4 is 5.34 Å². The van der Waals surface area contributed by atoms with Gasteiger partial charge in [0.15, 0.2) is 0 Å². The van der Waals surface area contributed by atoms with Gasteiger partial charge in [0.2, 0.25) is 0 Å². The predicted molar refractivity (Wildman–Crippen MR) is 8.38 cm³/mol. The molecule has 0 aliphatic heterocycles. The lowest BCUT2D eigenvalue weighted by molar-refractivity contribution is -0.398. The zero-order chi connectivity index (χ0) is 2.71. The fourth-order valence-electron chi connectivity index (χ4n) is 0. The van der Waals surface area contributed by atoms with E-state index in [0.29, 0.717) is 0 Å². The summed E-state index contributed by atoms with van der Waals surface area (Å²) in [5.74, 6) is 0. The van der Waals surface area contributed by atoms with E-state index >= 15 is 0 Å². The van der Waals surface area contributed by atoms with E-state index in [1.165, 1.54) is 0 Å². The van der Waals surface area contributed by atoms with Gasteiger partial charge in [-0.2, -0.15) is 0 Å². The third kappa shape index (κ3) is 0.430. The van der Waals surface area contributed by atoms with Crippen molar-refractivity contribution in [1.82, 2.24) is 0 Å². The van der Waals surface area contributed by atoms with Crippen LogP contribution in [-0.2, 0) is 5.48 Å². The molecule has 4 heavy (non-hydrogen) atoms. The Morgan fingerprint density at radius 3 is 1.75 bits per heavy atom. The Kier molecular flexibility index (Phi) is 85.2. The van der Waals surface area contributed by atoms with Crippen molar-refractivity contribution in [1.29, 1.82) is 0 Å². The van der Waals surface area contributed by atoms with Crippen LogP contribution in [0.2, 0.25) is 0 Å². The van der Waals surface area contributed by atoms with Gasteiger partial charge in [-0.3, -0.25) is 10.1 Å². The average Bonchev–Trinajstić information content (AvgIpc) is 0.918. The van der Waals surface area contributed by atoms with E-state index in [2.05, 4.69) is 0 Å². The van der Waals surface area contributed by atoms with Gasteiger partial charge in [0.05, 0.1) is 0 Å². The van der Waals surface area contributed by atoms with Gasteiger partial charge in [0, 0.05) is 10.8 Å². The van der Waals surface area contributed by atoms with Crippen molar-refractivity contribution < 1.29 is 10.8 Å². The van der Waals surface area contributed by atoms with Crippen LogP contribution >= 0.6 is 0 Å². The molecule has 0 fully saturated rings. The van der Waals surface area contributed by atoms with E-state index in [-0.39, 0.29) is 10.8 Å². The van der Waals surface area contributed by atoms with Crippen molar-refractivity contribution in [2.24, 2.45) is 0 Å². The second-order valence-corrected chi connectivity index (χ2v) is 0.0833. The second kappa shape index (κ2) is 33.7. The average molecular weight is 63.0 g/mol. The predicted octanol–water partition coefficient (Wildman–Crippen LogP) is -1.79. The third-order valence-corrected chi connectivity index (χ3v) is 0. The Labute approximate surface area is 22.3 Å². The summed E-state index contributed by atoms with van der Waals surface area (Å²) in [6, 6.07) is 0. The molecule has 24 valence electrons. The highest BCUT2D eigenvalue weighted by atomic mass is 16.6. The van der Waals surface area contributed by atoms with E-state index < -0.39 is 0 Å². The number of hydrogen-bond acceptors (Lipinski definition) is 2. The summed E-state index contributed by atoms with van der Waals surface area (Å²) < 4.78 is 0. The first-order valence-electron chi connectivity index (χ1n) is 0.408. The van der Waals surface area contributed by atoms with Gasteiger partial charge >= 0.3 is 0 Å². The summed E-state index contributed by atoms with van der Waals surface area (Å²) in [6.07, 6.45) is 0. The lowest BCUT2D eigenvalue weighted by atomic mass is 13.4. The van der Waals surface area contributed by atoms with Crippen molar-refractivity contribution in [3.8, 4) is 0 Å². The monoisotopic (exact) mass is 63.0 g/mol. The molecule has 0 saturated heterocycles. The molecule has 0 aliphatic carbocycles. The second-order valence-electron chi connectivity index (χ2n) is 0.0833. The minimum absolute atomic E-state index is 0. The summed E-state index contributed by atoms with van der Waals surface area (Å²) >= 11 is 0. The Morgan fingerprint density at radius 1 is 1.75 bits per heavy atom. The Hall–Kier alpha value is -0.640. The maximum absolute atomic E-state index is 8.12. The molecule has 0 aromatic heterocycles. The maximum atomic E-state index is 8.12. The van der Waals surface area contributed by atoms with Gasteiger partial charge in [-0.15, -0.1) is 0 Å². The molecule has 0 saturated carbocycles.